The Morgan fingerprint density at radius 2 is 0.560 bits per heavy atom. The van der Waals surface area contributed by atoms with Crippen LogP contribution in [0.25, 0.3) is 0 Å². The molecular weight excluding hydrogens is 1530 g/mol. The third-order valence-electron chi connectivity index (χ3n) is 22.3. The average molecular weight is 1610 g/mol. The zero-order valence-electron chi connectivity index (χ0n) is 59.4. The van der Waals surface area contributed by atoms with Gasteiger partial charge in [0.15, 0.2) is 94.3 Å². The topological polar surface area (TPSA) is 631 Å². The van der Waals surface area contributed by atoms with Gasteiger partial charge in [0.05, 0.1) is 30.3 Å². The van der Waals surface area contributed by atoms with Gasteiger partial charge in [-0.3, -0.25) is 0 Å². The van der Waals surface area contributed by atoms with Crippen LogP contribution in [-0.4, -0.2) is 211 Å². The van der Waals surface area contributed by atoms with Crippen molar-refractivity contribution in [2.75, 3.05) is 6.61 Å². The van der Waals surface area contributed by atoms with E-state index in [-0.39, 0.29) is 39.1 Å². The molecule has 6 aliphatic heterocycles. The van der Waals surface area contributed by atoms with Crippen LogP contribution in [0.15, 0.2) is 127 Å². The third kappa shape index (κ3) is 12.3. The summed E-state index contributed by atoms with van der Waals surface area (Å²) in [5.74, 6) is -28.8. The van der Waals surface area contributed by atoms with Crippen molar-refractivity contribution in [1.29, 1.82) is 0 Å². The Labute approximate surface area is 651 Å². The number of hydrogen-bond acceptors (Lipinski definition) is 35. The molecule has 35 heteroatoms. The van der Waals surface area contributed by atoms with Gasteiger partial charge in [-0.2, -0.15) is 0 Å². The van der Waals surface area contributed by atoms with Crippen molar-refractivity contribution in [3.05, 3.63) is 205 Å². The summed E-state index contributed by atoms with van der Waals surface area (Å²) in [7, 11) is 0. The van der Waals surface area contributed by atoms with Crippen LogP contribution in [0.5, 0.6) is 144 Å². The van der Waals surface area contributed by atoms with Gasteiger partial charge in [-0.15, -0.1) is 0 Å². The first kappa shape index (κ1) is 76.8. The monoisotopic (exact) mass is 1600 g/mol. The van der Waals surface area contributed by atoms with E-state index in [1.54, 1.807) is 0 Å². The van der Waals surface area contributed by atoms with Crippen LogP contribution in [0, 0.1) is 0 Å². The second kappa shape index (κ2) is 28.4. The summed E-state index contributed by atoms with van der Waals surface area (Å²) < 4.78 is 45.2. The van der Waals surface area contributed by atoms with Crippen LogP contribution in [0.3, 0.4) is 0 Å². The lowest BCUT2D eigenvalue weighted by Crippen LogP contribution is -2.60. The standard InChI is InChI=1S/C81H72O35/c82-23-52-65(103)70(108)71(109)81(112-52)111-51-18-30-36(89)19-43(96)54(77(30)113-72(51)24-1-6-31(84)37(90)11-24)62-56-45(98)21-47(100)58(79(56)115-74(67(62)105)26-3-8-33(86)39(92)13-26)64-60-49(102)22-48(101)59(80(60)116-76(69(64)107)28-5-10-35(88)41(94)15-28)63-57-46(99)20-44(97)55(78(57)114-75(68(63)106)27-4-9-34(87)40(93)14-27)61-53-42(95)16-29(83)17-50(53)110-73(66(61)104)25-2-7-32(85)38(91)12-25/h1-17,19-22,51-52,61-76,81-109H,18,23H2/t51-,52-,61?,62?,63?,64?,65-,66-,67-,68-,69-,70+,71-,72-,73-,74-,75-,76-,81?/m1/s1. The normalized spacial score (nSPS) is 27.1. The molecule has 10 aromatic rings. The van der Waals surface area contributed by atoms with Crippen molar-refractivity contribution >= 4 is 0 Å². The smallest absolute Gasteiger partial charge is 0.187 e. The highest BCUT2D eigenvalue weighted by Crippen LogP contribution is 2.67. The van der Waals surface area contributed by atoms with Gasteiger partial charge in [0, 0.05) is 92.9 Å². The molecule has 0 bridgehead atoms. The molecule has 1 saturated heterocycles. The maximum Gasteiger partial charge on any atom is 0.187 e. The van der Waals surface area contributed by atoms with Gasteiger partial charge in [0.1, 0.15) is 141 Å². The number of ether oxygens (including phenoxy) is 7. The molecule has 1 fully saturated rings. The molecule has 19 atom stereocenters. The van der Waals surface area contributed by atoms with E-state index in [0.29, 0.717) is 18.2 Å². The molecule has 0 radical (unpaired) electrons. The number of phenolic OH excluding ortho intramolecular Hbond substituents is 20. The SMILES string of the molecule is OC[C@H]1OC(O[C@@H]2Cc3c(O)cc(O)c(C4c5c(O)cc(O)c(C6c7c(O)cc(O)c(C8c9c(O)cc(O)c(C%10c%11c(O)cc(O)cc%11O[C@H](c%11ccc(O)c(O)c%11)[C@@H]%10O)c9O[C@H](c9ccc(O)c(O)c9)[C@@H]8O)c7O[C@H](c7ccc(O)c(O)c7)[C@@H]6O)c5O[C@H](c5ccc(O)c(O)c5)[C@@H]4O)c3O[C@@H]2c2ccc(O)c(O)c2)[C@H](O)[C@@H](O)[C@@H]1O. The number of hydrogen-bond donors (Lipinski definition) is 28. The number of aliphatic hydroxyl groups is 8. The number of rotatable bonds is 12. The molecule has 116 heavy (non-hydrogen) atoms. The first-order valence-electron chi connectivity index (χ1n) is 35.6. The quantitative estimate of drug-likeness (QED) is 0.0702. The third-order valence-corrected chi connectivity index (χ3v) is 22.3. The highest BCUT2D eigenvalue weighted by atomic mass is 16.7. The van der Waals surface area contributed by atoms with Gasteiger partial charge in [-0.05, 0) is 88.5 Å². The molecule has 28 N–H and O–H groups in total. The van der Waals surface area contributed by atoms with E-state index in [2.05, 4.69) is 0 Å². The Bertz CT molecular complexity index is 5630. The molecule has 0 aromatic heterocycles. The molecule has 0 aliphatic carbocycles. The summed E-state index contributed by atoms with van der Waals surface area (Å²) in [4.78, 5) is 0. The minimum Gasteiger partial charge on any atom is -0.508 e. The predicted molar refractivity (Wildman–Crippen MR) is 388 cm³/mol. The molecule has 35 nitrogen and oxygen atoms in total. The van der Waals surface area contributed by atoms with Crippen LogP contribution >= 0.6 is 0 Å². The van der Waals surface area contributed by atoms with E-state index in [1.807, 2.05) is 0 Å². The van der Waals surface area contributed by atoms with E-state index in [9.17, 15) is 143 Å². The minimum absolute atomic E-state index is 0.0719. The summed E-state index contributed by atoms with van der Waals surface area (Å²) in [6.07, 6.45) is -30.2. The van der Waals surface area contributed by atoms with Gasteiger partial charge in [0.2, 0.25) is 0 Å². The lowest BCUT2D eigenvalue weighted by molar-refractivity contribution is -0.317. The van der Waals surface area contributed by atoms with Gasteiger partial charge in [-0.25, -0.2) is 0 Å². The Morgan fingerprint density at radius 3 is 0.897 bits per heavy atom. The Kier molecular flexibility index (Phi) is 18.8. The van der Waals surface area contributed by atoms with Crippen molar-refractivity contribution in [2.24, 2.45) is 0 Å². The average Bonchev–Trinajstić information content (AvgIpc) is 0.704. The molecule has 0 amide bonds. The lowest BCUT2D eigenvalue weighted by atomic mass is 9.71. The number of benzene rings is 10. The van der Waals surface area contributed by atoms with Gasteiger partial charge in [-0.1, -0.05) is 30.3 Å². The second-order valence-electron chi connectivity index (χ2n) is 29.1. The molecule has 0 saturated carbocycles. The van der Waals surface area contributed by atoms with E-state index in [4.69, 9.17) is 33.2 Å². The van der Waals surface area contributed by atoms with Gasteiger partial charge < -0.3 is 176 Å². The van der Waals surface area contributed by atoms with Crippen LogP contribution in [-0.2, 0) is 15.9 Å². The minimum atomic E-state index is -2.37. The summed E-state index contributed by atoms with van der Waals surface area (Å²) in [6.45, 7) is -0.912. The van der Waals surface area contributed by atoms with Crippen molar-refractivity contribution in [3.63, 3.8) is 0 Å². The summed E-state index contributed by atoms with van der Waals surface area (Å²) >= 11 is 0. The highest BCUT2D eigenvalue weighted by Gasteiger charge is 2.56. The van der Waals surface area contributed by atoms with Crippen molar-refractivity contribution < 1.29 is 176 Å². The molecule has 6 heterocycles. The first-order valence-corrected chi connectivity index (χ1v) is 35.6. The summed E-state index contributed by atoms with van der Waals surface area (Å²) in [5.41, 5.74) is -6.47. The van der Waals surface area contributed by atoms with Crippen molar-refractivity contribution in [3.8, 4) is 144 Å². The Hall–Kier alpha value is -13.2. The van der Waals surface area contributed by atoms with Crippen LogP contribution in [0.1, 0.15) is 132 Å². The molecule has 6 aliphatic rings. The fourth-order valence-corrected chi connectivity index (χ4v) is 16.9. The largest absolute Gasteiger partial charge is 0.508 e. The van der Waals surface area contributed by atoms with E-state index >= 15 is 0 Å². The molecule has 10 aromatic carbocycles. The van der Waals surface area contributed by atoms with Crippen molar-refractivity contribution in [1.82, 2.24) is 0 Å². The lowest BCUT2D eigenvalue weighted by Gasteiger charge is -2.45. The van der Waals surface area contributed by atoms with Gasteiger partial charge in [0.25, 0.3) is 0 Å². The van der Waals surface area contributed by atoms with Crippen LogP contribution < -0.4 is 23.7 Å². The summed E-state index contributed by atoms with van der Waals surface area (Å²) in [5, 5.41) is 329. The Morgan fingerprint density at radius 1 is 0.267 bits per heavy atom. The fourth-order valence-electron chi connectivity index (χ4n) is 16.9. The molecular formula is C81H72O35. The van der Waals surface area contributed by atoms with E-state index in [1.165, 1.54) is 12.1 Å². The highest BCUT2D eigenvalue weighted by molar-refractivity contribution is 5.75. The maximum absolute atomic E-state index is 13.6. The van der Waals surface area contributed by atoms with E-state index in [0.717, 1.165) is 97.1 Å². The predicted octanol–water partition coefficient (Wildman–Crippen LogP) is 5.17. The number of aliphatic hydroxyl groups excluding tert-OH is 8. The number of fused-ring (bicyclic) bond motifs is 5. The maximum atomic E-state index is 13.6. The zero-order valence-corrected chi connectivity index (χ0v) is 59.4. The number of phenols is 20. The Balaban J connectivity index is 0.941. The van der Waals surface area contributed by atoms with Gasteiger partial charge >= 0.3 is 0 Å². The summed E-state index contributed by atoms with van der Waals surface area (Å²) in [6, 6.07) is 20.1. The van der Waals surface area contributed by atoms with Crippen LogP contribution in [0.2, 0.25) is 0 Å². The molecule has 606 valence electrons. The fraction of sp³-hybridized carbons (Fsp3) is 0.259. The van der Waals surface area contributed by atoms with E-state index < -0.39 is 311 Å². The first-order chi connectivity index (χ1) is 55.1. The molecule has 16 rings (SSSR count). The molecule has 0 spiro atoms. The van der Waals surface area contributed by atoms with Crippen molar-refractivity contribution in [2.45, 2.75) is 122 Å². The zero-order chi connectivity index (χ0) is 82.7. The number of aromatic hydroxyl groups is 20. The van der Waals surface area contributed by atoms with Crippen LogP contribution in [0.4, 0.5) is 0 Å². The second-order valence-corrected chi connectivity index (χ2v) is 29.1. The molecule has 5 unspecified atom stereocenters.